The van der Waals surface area contributed by atoms with Gasteiger partial charge in [-0.05, 0) is 19.1 Å². The van der Waals surface area contributed by atoms with E-state index in [9.17, 15) is 4.79 Å². The van der Waals surface area contributed by atoms with E-state index in [1.165, 1.54) is 5.56 Å². The van der Waals surface area contributed by atoms with Crippen LogP contribution in [-0.4, -0.2) is 68.6 Å². The Hall–Kier alpha value is -3.72. The smallest absolute Gasteiger partial charge is 0.331 e. The second kappa shape index (κ2) is 7.16. The number of hydrogen-bond acceptors (Lipinski definition) is 6. The van der Waals surface area contributed by atoms with Crippen LogP contribution in [0, 0.1) is 6.92 Å². The third kappa shape index (κ3) is 2.96. The maximum absolute atomic E-state index is 12.8. The topological polar surface area (TPSA) is 81.3 Å². The highest BCUT2D eigenvalue weighted by Crippen LogP contribution is 2.32. The summed E-state index contributed by atoms with van der Waals surface area (Å²) in [5.74, 6) is 1.37. The van der Waals surface area contributed by atoms with E-state index in [4.69, 9.17) is 19.8 Å². The molecule has 4 aromatic rings. The van der Waals surface area contributed by atoms with Gasteiger partial charge in [0.25, 0.3) is 0 Å². The van der Waals surface area contributed by atoms with Crippen LogP contribution in [0.1, 0.15) is 11.4 Å². The lowest BCUT2D eigenvalue weighted by molar-refractivity contribution is 0.123. The number of fused-ring (bicyclic) bond motifs is 3. The molecule has 0 atom stereocenters. The molecule has 1 saturated heterocycles. The van der Waals surface area contributed by atoms with Crippen molar-refractivity contribution in [2.24, 2.45) is 0 Å². The molecule has 2 aliphatic heterocycles. The Morgan fingerprint density at radius 3 is 2.72 bits per heavy atom. The molecule has 0 unspecified atom stereocenters. The summed E-state index contributed by atoms with van der Waals surface area (Å²) in [5.41, 5.74) is 5.39. The molecule has 0 radical (unpaired) electrons. The molecule has 5 heterocycles. The highest BCUT2D eigenvalue weighted by Gasteiger charge is 2.31. The van der Waals surface area contributed by atoms with Crippen LogP contribution in [0.25, 0.3) is 28.2 Å². The minimum absolute atomic E-state index is 0.110. The van der Waals surface area contributed by atoms with Crippen molar-refractivity contribution < 1.29 is 9.53 Å². The van der Waals surface area contributed by atoms with Gasteiger partial charge in [-0.3, -0.25) is 0 Å². The van der Waals surface area contributed by atoms with Gasteiger partial charge in [0, 0.05) is 38.0 Å². The Bertz CT molecular complexity index is 1350. The average molecular weight is 429 g/mol. The van der Waals surface area contributed by atoms with E-state index in [-0.39, 0.29) is 6.03 Å². The summed E-state index contributed by atoms with van der Waals surface area (Å²) in [6, 6.07) is 12.1. The van der Waals surface area contributed by atoms with Gasteiger partial charge in [-0.25, -0.2) is 24.0 Å². The predicted molar refractivity (Wildman–Crippen MR) is 120 cm³/mol. The number of morpholine rings is 1. The fourth-order valence-corrected chi connectivity index (χ4v) is 4.39. The quantitative estimate of drug-likeness (QED) is 0.498. The van der Waals surface area contributed by atoms with Crippen molar-refractivity contribution in [1.82, 2.24) is 29.2 Å². The molecule has 1 amide bonds. The zero-order valence-electron chi connectivity index (χ0n) is 18.0. The van der Waals surface area contributed by atoms with Gasteiger partial charge in [-0.2, -0.15) is 5.10 Å². The number of aryl methyl sites for hydroxylation is 1. The summed E-state index contributed by atoms with van der Waals surface area (Å²) in [5, 5.41) is 4.78. The largest absolute Gasteiger partial charge is 0.378 e. The third-order valence-corrected chi connectivity index (χ3v) is 6.04. The molecular weight excluding hydrogens is 406 g/mol. The van der Waals surface area contributed by atoms with Crippen molar-refractivity contribution in [3.63, 3.8) is 0 Å². The van der Waals surface area contributed by atoms with Gasteiger partial charge in [0.05, 0.1) is 31.1 Å². The van der Waals surface area contributed by atoms with E-state index in [0.29, 0.717) is 37.0 Å². The number of rotatable bonds is 3. The average Bonchev–Trinajstić information content (AvgIpc) is 3.50. The van der Waals surface area contributed by atoms with Crippen LogP contribution in [0.4, 0.5) is 10.5 Å². The minimum atomic E-state index is -0.110. The summed E-state index contributed by atoms with van der Waals surface area (Å²) in [6.07, 6.45) is 1.91. The van der Waals surface area contributed by atoms with E-state index in [0.717, 1.165) is 35.6 Å². The molecule has 1 fully saturated rings. The molecule has 162 valence electrons. The summed E-state index contributed by atoms with van der Waals surface area (Å²) in [4.78, 5) is 26.3. The fraction of sp³-hybridized carbons (Fsp3) is 0.304. The van der Waals surface area contributed by atoms with Crippen LogP contribution in [-0.2, 0) is 11.3 Å². The first-order valence-corrected chi connectivity index (χ1v) is 10.7. The van der Waals surface area contributed by atoms with E-state index in [2.05, 4.69) is 24.0 Å². The number of nitrogens with zero attached hydrogens (tertiary/aromatic N) is 7. The zero-order chi connectivity index (χ0) is 21.8. The molecule has 6 rings (SSSR count). The summed E-state index contributed by atoms with van der Waals surface area (Å²) >= 11 is 0. The van der Waals surface area contributed by atoms with E-state index in [1.807, 2.05) is 30.5 Å². The first-order valence-electron chi connectivity index (χ1n) is 10.7. The third-order valence-electron chi connectivity index (χ3n) is 6.04. The standard InChI is InChI=1S/C23H23N7O2/c1-15-4-3-5-16(12-15)17-6-7-29(26-17)19-13-18(28-8-10-32-11-9-28)21-22(25-19)30-20(24-21)14-27(2)23(30)31/h3-7,12-13H,8-11,14H2,1-2H3. The highest BCUT2D eigenvalue weighted by molar-refractivity contribution is 5.96. The first-order chi connectivity index (χ1) is 15.6. The molecule has 0 bridgehead atoms. The molecule has 9 heteroatoms. The van der Waals surface area contributed by atoms with Gasteiger partial charge in [0.15, 0.2) is 11.5 Å². The lowest BCUT2D eigenvalue weighted by Crippen LogP contribution is -2.36. The van der Waals surface area contributed by atoms with E-state index >= 15 is 0 Å². The van der Waals surface area contributed by atoms with Gasteiger partial charge in [0.2, 0.25) is 0 Å². The molecule has 32 heavy (non-hydrogen) atoms. The number of carbonyl (C=O) groups is 1. The van der Waals surface area contributed by atoms with Gasteiger partial charge in [0.1, 0.15) is 11.3 Å². The monoisotopic (exact) mass is 429 g/mol. The number of imidazole rings is 1. The van der Waals surface area contributed by atoms with Gasteiger partial charge < -0.3 is 14.5 Å². The van der Waals surface area contributed by atoms with Gasteiger partial charge in [-0.1, -0.05) is 23.8 Å². The van der Waals surface area contributed by atoms with E-state index < -0.39 is 0 Å². The van der Waals surface area contributed by atoms with Crippen molar-refractivity contribution >= 4 is 22.9 Å². The molecule has 0 aliphatic carbocycles. The zero-order valence-corrected chi connectivity index (χ0v) is 18.0. The van der Waals surface area contributed by atoms with Crippen molar-refractivity contribution in [1.29, 1.82) is 0 Å². The lowest BCUT2D eigenvalue weighted by atomic mass is 10.1. The maximum Gasteiger partial charge on any atom is 0.331 e. The molecule has 9 nitrogen and oxygen atoms in total. The summed E-state index contributed by atoms with van der Waals surface area (Å²) in [6.45, 7) is 5.40. The van der Waals surface area contributed by atoms with Crippen LogP contribution >= 0.6 is 0 Å². The maximum atomic E-state index is 12.8. The molecule has 0 N–H and O–H groups in total. The van der Waals surface area contributed by atoms with Gasteiger partial charge >= 0.3 is 6.03 Å². The molecule has 2 aliphatic rings. The van der Waals surface area contributed by atoms with Crippen molar-refractivity contribution in [3.05, 3.63) is 54.0 Å². The first kappa shape index (κ1) is 19.0. The Balaban J connectivity index is 1.51. The number of carbonyl (C=O) groups excluding carboxylic acids is 1. The number of benzene rings is 1. The second-order valence-corrected chi connectivity index (χ2v) is 8.29. The normalized spacial score (nSPS) is 16.2. The summed E-state index contributed by atoms with van der Waals surface area (Å²) < 4.78 is 8.93. The fourth-order valence-electron chi connectivity index (χ4n) is 4.39. The molecule has 0 spiro atoms. The van der Waals surface area contributed by atoms with E-state index in [1.54, 1.807) is 21.2 Å². The number of anilines is 1. The van der Waals surface area contributed by atoms with Gasteiger partial charge in [-0.15, -0.1) is 0 Å². The molecule has 3 aromatic heterocycles. The predicted octanol–water partition coefficient (Wildman–Crippen LogP) is 2.84. The highest BCUT2D eigenvalue weighted by atomic mass is 16.5. The van der Waals surface area contributed by atoms with Crippen molar-refractivity contribution in [2.45, 2.75) is 13.5 Å². The number of hydrogen-bond donors (Lipinski definition) is 0. The Kier molecular flexibility index (Phi) is 4.25. The Labute approximate surface area is 184 Å². The molecular formula is C23H23N7O2. The Morgan fingerprint density at radius 2 is 1.91 bits per heavy atom. The molecule has 0 saturated carbocycles. The van der Waals surface area contributed by atoms with Crippen LogP contribution in [0.15, 0.2) is 42.6 Å². The van der Waals surface area contributed by atoms with Crippen molar-refractivity contribution in [2.75, 3.05) is 38.3 Å². The lowest BCUT2D eigenvalue weighted by Gasteiger charge is -2.29. The van der Waals surface area contributed by atoms with Crippen molar-refractivity contribution in [3.8, 4) is 17.1 Å². The number of amides is 1. The minimum Gasteiger partial charge on any atom is -0.378 e. The van der Waals surface area contributed by atoms with Crippen LogP contribution in [0.3, 0.4) is 0 Å². The molecule has 1 aromatic carbocycles. The summed E-state index contributed by atoms with van der Waals surface area (Å²) in [7, 11) is 1.78. The van der Waals surface area contributed by atoms with Crippen LogP contribution in [0.5, 0.6) is 0 Å². The number of pyridine rings is 1. The Morgan fingerprint density at radius 1 is 1.06 bits per heavy atom. The number of ether oxygens (including phenoxy) is 1. The SMILES string of the molecule is Cc1cccc(-c2ccn(-c3cc(N4CCOCC4)c4nc5n(c4n3)C(=O)N(C)C5)n2)c1. The number of aromatic nitrogens is 5. The van der Waals surface area contributed by atoms with Crippen LogP contribution in [0.2, 0.25) is 0 Å². The second-order valence-electron chi connectivity index (χ2n) is 8.29. The van der Waals surface area contributed by atoms with Crippen LogP contribution < -0.4 is 4.90 Å².